The Balaban J connectivity index is 2.58. The number of aromatic nitrogens is 2. The summed E-state index contributed by atoms with van der Waals surface area (Å²) in [4.78, 5) is 21.6. The number of rotatable bonds is 5. The lowest BCUT2D eigenvalue weighted by molar-refractivity contribution is -0.385. The first kappa shape index (κ1) is 13.1. The summed E-state index contributed by atoms with van der Waals surface area (Å²) in [5.74, 6) is -0.366. The van der Waals surface area contributed by atoms with E-state index in [9.17, 15) is 14.9 Å². The summed E-state index contributed by atoms with van der Waals surface area (Å²) in [6.07, 6.45) is 2.49. The standard InChI is InChI=1S/C10H16N4O3/c1-7(2)12-10(15)8(3)5-13-6-9(4-11-13)14(16)17/h4,6-8H,5H2,1-3H3,(H,12,15). The van der Waals surface area contributed by atoms with Crippen LogP contribution in [0, 0.1) is 16.0 Å². The summed E-state index contributed by atoms with van der Waals surface area (Å²) in [5, 5.41) is 17.1. The normalized spacial score (nSPS) is 12.5. The second-order valence-electron chi connectivity index (χ2n) is 4.24. The van der Waals surface area contributed by atoms with E-state index >= 15 is 0 Å². The third kappa shape index (κ3) is 3.86. The average Bonchev–Trinajstić information content (AvgIpc) is 2.65. The second kappa shape index (κ2) is 5.42. The van der Waals surface area contributed by atoms with Gasteiger partial charge in [-0.05, 0) is 13.8 Å². The first-order chi connectivity index (χ1) is 7.90. The summed E-state index contributed by atoms with van der Waals surface area (Å²) in [7, 11) is 0. The van der Waals surface area contributed by atoms with Gasteiger partial charge in [-0.2, -0.15) is 5.10 Å². The molecule has 0 saturated heterocycles. The maximum Gasteiger partial charge on any atom is 0.306 e. The zero-order valence-corrected chi connectivity index (χ0v) is 10.1. The fourth-order valence-corrected chi connectivity index (χ4v) is 1.34. The van der Waals surface area contributed by atoms with Crippen molar-refractivity contribution in [2.75, 3.05) is 0 Å². The molecule has 0 fully saturated rings. The minimum Gasteiger partial charge on any atom is -0.354 e. The molecular formula is C10H16N4O3. The summed E-state index contributed by atoms with van der Waals surface area (Å²) in [6.45, 7) is 5.84. The monoisotopic (exact) mass is 240 g/mol. The van der Waals surface area contributed by atoms with Gasteiger partial charge in [0.2, 0.25) is 5.91 Å². The molecule has 7 heteroatoms. The van der Waals surface area contributed by atoms with Gasteiger partial charge in [0.15, 0.2) is 0 Å². The van der Waals surface area contributed by atoms with Crippen molar-refractivity contribution in [3.63, 3.8) is 0 Å². The van der Waals surface area contributed by atoms with Crippen LogP contribution in [0.3, 0.4) is 0 Å². The molecule has 0 spiro atoms. The van der Waals surface area contributed by atoms with Crippen molar-refractivity contribution in [1.29, 1.82) is 0 Å². The van der Waals surface area contributed by atoms with Gasteiger partial charge in [0.25, 0.3) is 0 Å². The average molecular weight is 240 g/mol. The van der Waals surface area contributed by atoms with Crippen LogP contribution in [0.15, 0.2) is 12.4 Å². The molecule has 1 aromatic rings. The number of amides is 1. The van der Waals surface area contributed by atoms with Crippen molar-refractivity contribution in [2.45, 2.75) is 33.4 Å². The molecule has 94 valence electrons. The van der Waals surface area contributed by atoms with Crippen molar-refractivity contribution >= 4 is 11.6 Å². The third-order valence-corrected chi connectivity index (χ3v) is 2.17. The molecule has 7 nitrogen and oxygen atoms in total. The van der Waals surface area contributed by atoms with Crippen LogP contribution in [0.1, 0.15) is 20.8 Å². The van der Waals surface area contributed by atoms with Crippen LogP contribution in [0.5, 0.6) is 0 Å². The van der Waals surface area contributed by atoms with Crippen LogP contribution in [0.25, 0.3) is 0 Å². The molecule has 1 rings (SSSR count). The third-order valence-electron chi connectivity index (χ3n) is 2.17. The Bertz CT molecular complexity index is 413. The number of carbonyl (C=O) groups excluding carboxylic acids is 1. The lowest BCUT2D eigenvalue weighted by Gasteiger charge is -2.14. The molecule has 0 radical (unpaired) electrons. The summed E-state index contributed by atoms with van der Waals surface area (Å²) in [6, 6.07) is 0.0805. The van der Waals surface area contributed by atoms with Gasteiger partial charge in [-0.3, -0.25) is 19.6 Å². The van der Waals surface area contributed by atoms with Crippen molar-refractivity contribution < 1.29 is 9.72 Å². The highest BCUT2D eigenvalue weighted by Gasteiger charge is 2.16. The minimum atomic E-state index is -0.512. The molecular weight excluding hydrogens is 224 g/mol. The smallest absolute Gasteiger partial charge is 0.306 e. The Labute approximate surface area is 99.0 Å². The number of nitrogens with zero attached hydrogens (tertiary/aromatic N) is 3. The number of hydrogen-bond donors (Lipinski definition) is 1. The van der Waals surface area contributed by atoms with Crippen molar-refractivity contribution in [3.8, 4) is 0 Å². The first-order valence-electron chi connectivity index (χ1n) is 5.37. The predicted molar refractivity (Wildman–Crippen MR) is 61.3 cm³/mol. The second-order valence-corrected chi connectivity index (χ2v) is 4.24. The number of nitrogens with one attached hydrogen (secondary N) is 1. The fourth-order valence-electron chi connectivity index (χ4n) is 1.34. The van der Waals surface area contributed by atoms with Crippen molar-refractivity contribution in [2.24, 2.45) is 5.92 Å². The number of carbonyl (C=O) groups is 1. The zero-order valence-electron chi connectivity index (χ0n) is 10.1. The van der Waals surface area contributed by atoms with E-state index in [0.29, 0.717) is 6.54 Å². The molecule has 1 heterocycles. The maximum atomic E-state index is 11.6. The van der Waals surface area contributed by atoms with E-state index in [-0.39, 0.29) is 23.6 Å². The van der Waals surface area contributed by atoms with E-state index in [2.05, 4.69) is 10.4 Å². The molecule has 0 aliphatic carbocycles. The van der Waals surface area contributed by atoms with E-state index in [4.69, 9.17) is 0 Å². The summed E-state index contributed by atoms with van der Waals surface area (Å²) < 4.78 is 1.41. The minimum absolute atomic E-state index is 0.0681. The molecule has 0 aromatic carbocycles. The first-order valence-corrected chi connectivity index (χ1v) is 5.37. The Morgan fingerprint density at radius 3 is 2.71 bits per heavy atom. The summed E-state index contributed by atoms with van der Waals surface area (Å²) >= 11 is 0. The van der Waals surface area contributed by atoms with E-state index in [0.717, 1.165) is 0 Å². The number of hydrogen-bond acceptors (Lipinski definition) is 4. The quantitative estimate of drug-likeness (QED) is 0.613. The van der Waals surface area contributed by atoms with Crippen LogP contribution < -0.4 is 5.32 Å². The van der Waals surface area contributed by atoms with Crippen LogP contribution in [-0.4, -0.2) is 26.7 Å². The molecule has 1 unspecified atom stereocenters. The molecule has 1 amide bonds. The molecule has 0 saturated carbocycles. The molecule has 0 aliphatic rings. The van der Waals surface area contributed by atoms with Crippen LogP contribution in [-0.2, 0) is 11.3 Å². The Morgan fingerprint density at radius 1 is 1.59 bits per heavy atom. The highest BCUT2D eigenvalue weighted by molar-refractivity contribution is 5.78. The largest absolute Gasteiger partial charge is 0.354 e. The molecule has 0 bridgehead atoms. The molecule has 1 N–H and O–H groups in total. The van der Waals surface area contributed by atoms with E-state index < -0.39 is 4.92 Å². The zero-order chi connectivity index (χ0) is 13.0. The Kier molecular flexibility index (Phi) is 4.19. The van der Waals surface area contributed by atoms with Crippen LogP contribution >= 0.6 is 0 Å². The van der Waals surface area contributed by atoms with Gasteiger partial charge in [0, 0.05) is 6.04 Å². The van der Waals surface area contributed by atoms with Gasteiger partial charge in [-0.25, -0.2) is 0 Å². The van der Waals surface area contributed by atoms with Gasteiger partial charge >= 0.3 is 5.69 Å². The number of nitro groups is 1. The van der Waals surface area contributed by atoms with Crippen molar-refractivity contribution in [1.82, 2.24) is 15.1 Å². The highest BCUT2D eigenvalue weighted by atomic mass is 16.6. The maximum absolute atomic E-state index is 11.6. The van der Waals surface area contributed by atoms with E-state index in [1.807, 2.05) is 13.8 Å². The Morgan fingerprint density at radius 2 is 2.24 bits per heavy atom. The lowest BCUT2D eigenvalue weighted by Crippen LogP contribution is -2.36. The van der Waals surface area contributed by atoms with Gasteiger partial charge in [0.05, 0.1) is 17.4 Å². The Hall–Kier alpha value is -1.92. The van der Waals surface area contributed by atoms with E-state index in [1.165, 1.54) is 17.1 Å². The van der Waals surface area contributed by atoms with Gasteiger partial charge < -0.3 is 5.32 Å². The summed E-state index contributed by atoms with van der Waals surface area (Å²) in [5.41, 5.74) is -0.0681. The van der Waals surface area contributed by atoms with Crippen molar-refractivity contribution in [3.05, 3.63) is 22.5 Å². The molecule has 1 aromatic heterocycles. The van der Waals surface area contributed by atoms with Crippen LogP contribution in [0.4, 0.5) is 5.69 Å². The SMILES string of the molecule is CC(C)NC(=O)C(C)Cn1cc([N+](=O)[O-])cn1. The van der Waals surface area contributed by atoms with E-state index in [1.54, 1.807) is 6.92 Å². The lowest BCUT2D eigenvalue weighted by atomic mass is 10.1. The molecule has 0 aliphatic heterocycles. The van der Waals surface area contributed by atoms with Gasteiger partial charge in [-0.1, -0.05) is 6.92 Å². The topological polar surface area (TPSA) is 90.1 Å². The molecule has 17 heavy (non-hydrogen) atoms. The molecule has 1 atom stereocenters. The predicted octanol–water partition coefficient (Wildman–Crippen LogP) is 0.952. The van der Waals surface area contributed by atoms with Gasteiger partial charge in [0.1, 0.15) is 12.4 Å². The van der Waals surface area contributed by atoms with Gasteiger partial charge in [-0.15, -0.1) is 0 Å². The highest BCUT2D eigenvalue weighted by Crippen LogP contribution is 2.09. The fraction of sp³-hybridized carbons (Fsp3) is 0.600. The van der Waals surface area contributed by atoms with Crippen LogP contribution in [0.2, 0.25) is 0 Å².